The number of halogens is 6. The molecule has 0 fully saturated rings. The van der Waals surface area contributed by atoms with E-state index in [2.05, 4.69) is 5.32 Å². The van der Waals surface area contributed by atoms with Gasteiger partial charge in [0.15, 0.2) is 0 Å². The van der Waals surface area contributed by atoms with Crippen molar-refractivity contribution in [3.8, 4) is 0 Å². The Kier molecular flexibility index (Phi) is 12.2. The lowest BCUT2D eigenvalue weighted by atomic mass is 10.1. The fourth-order valence-electron chi connectivity index (χ4n) is 4.43. The Hall–Kier alpha value is -2.99. The number of rotatable bonds is 12. The van der Waals surface area contributed by atoms with Crippen molar-refractivity contribution in [2.45, 2.75) is 57.8 Å². The van der Waals surface area contributed by atoms with Gasteiger partial charge in [-0.15, -0.1) is 0 Å². The molecular formula is C31H33Cl3F3N3O4S. The number of carbonyl (C=O) groups excluding carboxylic acids is 2. The Bertz CT molecular complexity index is 1640. The average Bonchev–Trinajstić information content (AvgIpc) is 2.96. The molecule has 1 atom stereocenters. The van der Waals surface area contributed by atoms with Gasteiger partial charge in [0.05, 0.1) is 31.2 Å². The van der Waals surface area contributed by atoms with Crippen LogP contribution in [0.2, 0.25) is 15.1 Å². The molecule has 3 aromatic rings. The Balaban J connectivity index is 2.15. The quantitative estimate of drug-likeness (QED) is 0.209. The summed E-state index contributed by atoms with van der Waals surface area (Å²) in [4.78, 5) is 28.4. The van der Waals surface area contributed by atoms with Gasteiger partial charge < -0.3 is 10.2 Å². The van der Waals surface area contributed by atoms with Gasteiger partial charge in [-0.3, -0.25) is 13.9 Å². The maximum Gasteiger partial charge on any atom is 0.417 e. The largest absolute Gasteiger partial charge is 0.417 e. The summed E-state index contributed by atoms with van der Waals surface area (Å²) in [6.45, 7) is 6.45. The number of aryl methyl sites for hydroxylation is 1. The topological polar surface area (TPSA) is 86.8 Å². The first-order chi connectivity index (χ1) is 20.9. The van der Waals surface area contributed by atoms with Crippen LogP contribution >= 0.6 is 34.8 Å². The van der Waals surface area contributed by atoms with Gasteiger partial charge in [0.25, 0.3) is 10.0 Å². The molecule has 45 heavy (non-hydrogen) atoms. The van der Waals surface area contributed by atoms with Crippen LogP contribution in [0, 0.1) is 12.8 Å². The molecule has 244 valence electrons. The summed E-state index contributed by atoms with van der Waals surface area (Å²) in [5.41, 5.74) is -0.474. The van der Waals surface area contributed by atoms with E-state index in [9.17, 15) is 31.2 Å². The van der Waals surface area contributed by atoms with Crippen molar-refractivity contribution >= 4 is 62.3 Å². The van der Waals surface area contributed by atoms with Crippen molar-refractivity contribution in [1.29, 1.82) is 0 Å². The number of nitrogens with zero attached hydrogens (tertiary/aromatic N) is 2. The summed E-state index contributed by atoms with van der Waals surface area (Å²) < 4.78 is 70.0. The molecule has 0 aromatic heterocycles. The first-order valence-electron chi connectivity index (χ1n) is 13.9. The lowest BCUT2D eigenvalue weighted by molar-refractivity contribution is -0.140. The molecule has 0 aliphatic carbocycles. The smallest absolute Gasteiger partial charge is 0.354 e. The van der Waals surface area contributed by atoms with Crippen LogP contribution in [0.3, 0.4) is 0 Å². The van der Waals surface area contributed by atoms with Gasteiger partial charge >= 0.3 is 6.18 Å². The second-order valence-electron chi connectivity index (χ2n) is 10.8. The van der Waals surface area contributed by atoms with Crippen molar-refractivity contribution in [3.05, 3.63) is 92.4 Å². The Morgan fingerprint density at radius 1 is 0.911 bits per heavy atom. The maximum atomic E-state index is 14.1. The Morgan fingerprint density at radius 2 is 1.53 bits per heavy atom. The predicted molar refractivity (Wildman–Crippen MR) is 171 cm³/mol. The molecule has 3 rings (SSSR count). The van der Waals surface area contributed by atoms with Gasteiger partial charge in [-0.2, -0.15) is 13.2 Å². The summed E-state index contributed by atoms with van der Waals surface area (Å²) >= 11 is 18.1. The van der Waals surface area contributed by atoms with E-state index < -0.39 is 56.9 Å². The number of anilines is 1. The fraction of sp³-hybridized carbons (Fsp3) is 0.355. The van der Waals surface area contributed by atoms with Gasteiger partial charge in [-0.05, 0) is 67.3 Å². The predicted octanol–water partition coefficient (Wildman–Crippen LogP) is 7.75. The Labute approximate surface area is 276 Å². The van der Waals surface area contributed by atoms with E-state index in [0.717, 1.165) is 17.7 Å². The van der Waals surface area contributed by atoms with Crippen LogP contribution in [-0.2, 0) is 32.3 Å². The molecule has 0 saturated heterocycles. The third-order valence-corrected chi connectivity index (χ3v) is 9.70. The standard InChI is InChI=1S/C31H33Cl3F3N3O4S/c1-5-28(30(42)38-16-19(2)3)39(17-21-8-12-26(33)27(34)14-21)29(41)18-40(45(43,44)23-10-6-20(4)7-11-23)22-9-13-25(32)24(15-22)31(35,36)37/h6-15,19,28H,5,16-18H2,1-4H3,(H,38,42)/t28-/m0/s1. The number of hydrogen-bond donors (Lipinski definition) is 1. The molecule has 0 unspecified atom stereocenters. The molecule has 3 aromatic carbocycles. The molecule has 0 bridgehead atoms. The van der Waals surface area contributed by atoms with Gasteiger partial charge in [-0.25, -0.2) is 8.42 Å². The van der Waals surface area contributed by atoms with E-state index in [1.807, 2.05) is 13.8 Å². The summed E-state index contributed by atoms with van der Waals surface area (Å²) in [7, 11) is -4.60. The van der Waals surface area contributed by atoms with E-state index in [0.29, 0.717) is 22.5 Å². The number of hydrogen-bond acceptors (Lipinski definition) is 4. The zero-order chi connectivity index (χ0) is 33.7. The highest BCUT2D eigenvalue weighted by molar-refractivity contribution is 7.92. The lowest BCUT2D eigenvalue weighted by Crippen LogP contribution is -2.52. The van der Waals surface area contributed by atoms with Crippen LogP contribution in [0.1, 0.15) is 43.9 Å². The molecule has 7 nitrogen and oxygen atoms in total. The highest BCUT2D eigenvalue weighted by Gasteiger charge is 2.37. The molecule has 0 spiro atoms. The first kappa shape index (κ1) is 36.5. The normalized spacial score (nSPS) is 12.6. The zero-order valence-electron chi connectivity index (χ0n) is 25.0. The maximum absolute atomic E-state index is 14.1. The highest BCUT2D eigenvalue weighted by Crippen LogP contribution is 2.38. The molecule has 0 heterocycles. The molecular weight excluding hydrogens is 674 g/mol. The molecule has 2 amide bonds. The summed E-state index contributed by atoms with van der Waals surface area (Å²) in [6.07, 6.45) is -4.75. The number of nitrogens with one attached hydrogen (secondary N) is 1. The van der Waals surface area contributed by atoms with E-state index in [1.54, 1.807) is 19.9 Å². The minimum atomic E-state index is -4.90. The van der Waals surface area contributed by atoms with Crippen LogP contribution in [0.25, 0.3) is 0 Å². The monoisotopic (exact) mass is 705 g/mol. The van der Waals surface area contributed by atoms with Gasteiger partial charge in [0.1, 0.15) is 12.6 Å². The fourth-order valence-corrected chi connectivity index (χ4v) is 6.38. The number of amides is 2. The second kappa shape index (κ2) is 15.1. The van der Waals surface area contributed by atoms with E-state index in [-0.39, 0.29) is 33.8 Å². The van der Waals surface area contributed by atoms with Crippen molar-refractivity contribution in [2.24, 2.45) is 5.92 Å². The van der Waals surface area contributed by atoms with E-state index >= 15 is 0 Å². The number of sulfonamides is 1. The van der Waals surface area contributed by atoms with Crippen LogP contribution < -0.4 is 9.62 Å². The average molecular weight is 707 g/mol. The van der Waals surface area contributed by atoms with E-state index in [4.69, 9.17) is 34.8 Å². The minimum absolute atomic E-state index is 0.105. The van der Waals surface area contributed by atoms with Gasteiger partial charge in [0.2, 0.25) is 11.8 Å². The third-order valence-electron chi connectivity index (χ3n) is 6.84. The number of alkyl halides is 3. The van der Waals surface area contributed by atoms with Crippen molar-refractivity contribution in [1.82, 2.24) is 10.2 Å². The van der Waals surface area contributed by atoms with Crippen molar-refractivity contribution in [2.75, 3.05) is 17.4 Å². The van der Waals surface area contributed by atoms with Crippen LogP contribution in [0.5, 0.6) is 0 Å². The van der Waals surface area contributed by atoms with Crippen LogP contribution in [0.15, 0.2) is 65.6 Å². The third kappa shape index (κ3) is 9.28. The summed E-state index contributed by atoms with van der Waals surface area (Å²) in [5.74, 6) is -1.21. The molecule has 0 radical (unpaired) electrons. The second-order valence-corrected chi connectivity index (χ2v) is 13.9. The van der Waals surface area contributed by atoms with Crippen molar-refractivity contribution in [3.63, 3.8) is 0 Å². The Morgan fingerprint density at radius 3 is 2.09 bits per heavy atom. The van der Waals surface area contributed by atoms with E-state index in [1.165, 1.54) is 41.3 Å². The lowest BCUT2D eigenvalue weighted by Gasteiger charge is -2.33. The zero-order valence-corrected chi connectivity index (χ0v) is 28.0. The van der Waals surface area contributed by atoms with Crippen LogP contribution in [-0.4, -0.2) is 44.3 Å². The highest BCUT2D eigenvalue weighted by atomic mass is 35.5. The number of carbonyl (C=O) groups is 2. The first-order valence-corrected chi connectivity index (χ1v) is 16.5. The molecule has 1 N–H and O–H groups in total. The summed E-state index contributed by atoms with van der Waals surface area (Å²) in [6, 6.07) is 11.8. The molecule has 0 aliphatic rings. The SMILES string of the molecule is CC[C@@H](C(=O)NCC(C)C)N(Cc1ccc(Cl)c(Cl)c1)C(=O)CN(c1ccc(Cl)c(C(F)(F)F)c1)S(=O)(=O)c1ccc(C)cc1. The summed E-state index contributed by atoms with van der Waals surface area (Å²) in [5, 5.41) is 2.62. The van der Waals surface area contributed by atoms with Gasteiger partial charge in [-0.1, -0.05) is 79.3 Å². The van der Waals surface area contributed by atoms with Crippen LogP contribution in [0.4, 0.5) is 18.9 Å². The molecule has 0 saturated carbocycles. The molecule has 14 heteroatoms. The van der Waals surface area contributed by atoms with Gasteiger partial charge in [0, 0.05) is 13.1 Å². The van der Waals surface area contributed by atoms with Crippen molar-refractivity contribution < 1.29 is 31.2 Å². The molecule has 0 aliphatic heterocycles. The number of benzene rings is 3. The minimum Gasteiger partial charge on any atom is -0.354 e.